The maximum absolute atomic E-state index is 12.6. The van der Waals surface area contributed by atoms with Gasteiger partial charge in [0.25, 0.3) is 10.0 Å². The molecule has 7 nitrogen and oxygen atoms in total. The molecule has 11 heteroatoms. The third-order valence-electron chi connectivity index (χ3n) is 4.46. The maximum Gasteiger partial charge on any atom is 0.411 e. The predicted octanol–water partition coefficient (Wildman–Crippen LogP) is 1.68. The van der Waals surface area contributed by atoms with Crippen LogP contribution in [-0.4, -0.2) is 63.1 Å². The number of hydrogen-bond donors (Lipinski definition) is 1. The highest BCUT2D eigenvalue weighted by atomic mass is 32.2. The van der Waals surface area contributed by atoms with Crippen LogP contribution < -0.4 is 5.32 Å². The van der Waals surface area contributed by atoms with Gasteiger partial charge in [-0.25, -0.2) is 0 Å². The van der Waals surface area contributed by atoms with E-state index in [1.165, 1.54) is 6.07 Å². The second-order valence-electron chi connectivity index (χ2n) is 6.78. The highest BCUT2D eigenvalue weighted by Gasteiger charge is 2.39. The van der Waals surface area contributed by atoms with Gasteiger partial charge in [-0.15, -0.1) is 4.40 Å². The molecule has 1 fully saturated rings. The molecule has 0 aromatic heterocycles. The Morgan fingerprint density at radius 3 is 2.82 bits per heavy atom. The number of carbonyl (C=O) groups excluding carboxylic acids is 1. The predicted molar refractivity (Wildman–Crippen MR) is 94.4 cm³/mol. The number of amidine groups is 1. The lowest BCUT2D eigenvalue weighted by molar-refractivity contribution is -0.175. The summed E-state index contributed by atoms with van der Waals surface area (Å²) in [6.45, 7) is 0.338. The SMILES string of the molecule is CC(COCC(F)(F)F)NC(=O)[C@@H]1CCCN1C1=NS(=O)(=O)c2ccccc21. The number of rotatable bonds is 5. The van der Waals surface area contributed by atoms with E-state index in [9.17, 15) is 26.4 Å². The Morgan fingerprint density at radius 1 is 1.39 bits per heavy atom. The normalized spacial score (nSPS) is 21.9. The molecule has 0 aliphatic carbocycles. The molecule has 1 amide bonds. The number of fused-ring (bicyclic) bond motifs is 1. The van der Waals surface area contributed by atoms with Crippen LogP contribution in [0.2, 0.25) is 0 Å². The van der Waals surface area contributed by atoms with Crippen LogP contribution in [0.1, 0.15) is 25.3 Å². The summed E-state index contributed by atoms with van der Waals surface area (Å²) < 4.78 is 69.3. The van der Waals surface area contributed by atoms with Crippen molar-refractivity contribution in [3.05, 3.63) is 29.8 Å². The van der Waals surface area contributed by atoms with Gasteiger partial charge in [0, 0.05) is 18.2 Å². The van der Waals surface area contributed by atoms with Crippen molar-refractivity contribution in [2.24, 2.45) is 4.40 Å². The summed E-state index contributed by atoms with van der Waals surface area (Å²) in [7, 11) is -3.80. The van der Waals surface area contributed by atoms with E-state index in [1.54, 1.807) is 30.0 Å². The molecule has 2 aliphatic heterocycles. The molecule has 2 aliphatic rings. The summed E-state index contributed by atoms with van der Waals surface area (Å²) in [5.74, 6) is -0.167. The molecule has 3 rings (SSSR count). The van der Waals surface area contributed by atoms with E-state index in [1.807, 2.05) is 0 Å². The van der Waals surface area contributed by atoms with Crippen molar-refractivity contribution >= 4 is 21.8 Å². The molecule has 0 bridgehead atoms. The van der Waals surface area contributed by atoms with E-state index < -0.39 is 40.8 Å². The van der Waals surface area contributed by atoms with Gasteiger partial charge in [-0.2, -0.15) is 21.6 Å². The van der Waals surface area contributed by atoms with Gasteiger partial charge in [-0.3, -0.25) is 4.79 Å². The molecule has 1 aromatic carbocycles. The van der Waals surface area contributed by atoms with Crippen molar-refractivity contribution in [2.75, 3.05) is 19.8 Å². The number of ether oxygens (including phenoxy) is 1. The average molecular weight is 419 g/mol. The molecule has 1 unspecified atom stereocenters. The average Bonchev–Trinajstić information content (AvgIpc) is 3.17. The fraction of sp³-hybridized carbons (Fsp3) is 0.529. The van der Waals surface area contributed by atoms with Crippen LogP contribution in [0.5, 0.6) is 0 Å². The van der Waals surface area contributed by atoms with Gasteiger partial charge >= 0.3 is 6.18 Å². The molecule has 2 heterocycles. The minimum absolute atomic E-state index is 0.102. The highest BCUT2D eigenvalue weighted by Crippen LogP contribution is 2.31. The second-order valence-corrected chi connectivity index (χ2v) is 8.35. The van der Waals surface area contributed by atoms with Crippen LogP contribution in [0.3, 0.4) is 0 Å². The first-order valence-corrected chi connectivity index (χ1v) is 10.2. The first-order chi connectivity index (χ1) is 13.1. The lowest BCUT2D eigenvalue weighted by Crippen LogP contribution is -2.49. The number of likely N-dealkylation sites (tertiary alicyclic amines) is 1. The Bertz CT molecular complexity index is 886. The van der Waals surface area contributed by atoms with Gasteiger partial charge in [0.1, 0.15) is 17.5 Å². The minimum atomic E-state index is -4.43. The minimum Gasteiger partial charge on any atom is -0.370 e. The van der Waals surface area contributed by atoms with Crippen LogP contribution in [0.25, 0.3) is 0 Å². The Kier molecular flexibility index (Phi) is 5.67. The fourth-order valence-corrected chi connectivity index (χ4v) is 4.54. The Morgan fingerprint density at radius 2 is 2.11 bits per heavy atom. The van der Waals surface area contributed by atoms with Gasteiger partial charge in [0.2, 0.25) is 5.91 Å². The zero-order chi connectivity index (χ0) is 20.5. The highest BCUT2D eigenvalue weighted by molar-refractivity contribution is 7.90. The summed E-state index contributed by atoms with van der Waals surface area (Å²) in [6.07, 6.45) is -3.27. The third kappa shape index (κ3) is 4.46. The molecule has 28 heavy (non-hydrogen) atoms. The zero-order valence-corrected chi connectivity index (χ0v) is 15.9. The van der Waals surface area contributed by atoms with Crippen molar-refractivity contribution < 1.29 is 31.1 Å². The van der Waals surface area contributed by atoms with E-state index in [0.29, 0.717) is 24.9 Å². The molecular weight excluding hydrogens is 399 g/mol. The van der Waals surface area contributed by atoms with Crippen molar-refractivity contribution in [1.29, 1.82) is 0 Å². The first kappa shape index (κ1) is 20.6. The van der Waals surface area contributed by atoms with Crippen molar-refractivity contribution in [2.45, 2.75) is 42.9 Å². The Hall–Kier alpha value is -2.14. The molecule has 1 N–H and O–H groups in total. The number of nitrogens with zero attached hydrogens (tertiary/aromatic N) is 2. The standard InChI is InChI=1S/C17H20F3N3O4S/c1-11(9-27-10-17(18,19)20)21-16(24)13-6-4-8-23(13)15-12-5-2-3-7-14(12)28(25,26)22-15/h2-3,5,7,11,13H,4,6,8-10H2,1H3,(H,21,24)/t11?,13-/m0/s1. The quantitative estimate of drug-likeness (QED) is 0.785. The first-order valence-electron chi connectivity index (χ1n) is 8.74. The zero-order valence-electron chi connectivity index (χ0n) is 15.1. The van der Waals surface area contributed by atoms with E-state index in [2.05, 4.69) is 14.5 Å². The number of sulfonamides is 1. The number of alkyl halides is 3. The number of amides is 1. The molecule has 1 saturated heterocycles. The number of carbonyl (C=O) groups is 1. The summed E-state index contributed by atoms with van der Waals surface area (Å²) in [4.78, 5) is 14.4. The monoisotopic (exact) mass is 419 g/mol. The molecule has 2 atom stereocenters. The summed E-state index contributed by atoms with van der Waals surface area (Å²) >= 11 is 0. The largest absolute Gasteiger partial charge is 0.411 e. The lowest BCUT2D eigenvalue weighted by atomic mass is 10.1. The number of halogens is 3. The molecular formula is C17H20F3N3O4S. The topological polar surface area (TPSA) is 88.1 Å². The van der Waals surface area contributed by atoms with E-state index in [4.69, 9.17) is 0 Å². The Balaban J connectivity index is 1.68. The molecule has 0 radical (unpaired) electrons. The van der Waals surface area contributed by atoms with E-state index >= 15 is 0 Å². The van der Waals surface area contributed by atoms with Crippen LogP contribution in [0.15, 0.2) is 33.6 Å². The molecule has 0 saturated carbocycles. The van der Waals surface area contributed by atoms with Gasteiger partial charge in [-0.05, 0) is 31.9 Å². The van der Waals surface area contributed by atoms with Gasteiger partial charge < -0.3 is 15.0 Å². The molecule has 154 valence electrons. The van der Waals surface area contributed by atoms with Crippen molar-refractivity contribution in [3.63, 3.8) is 0 Å². The van der Waals surface area contributed by atoms with Gasteiger partial charge in [-0.1, -0.05) is 12.1 Å². The number of nitrogens with one attached hydrogen (secondary N) is 1. The summed E-state index contributed by atoms with van der Waals surface area (Å²) in [5, 5.41) is 2.63. The maximum atomic E-state index is 12.6. The lowest BCUT2D eigenvalue weighted by Gasteiger charge is -2.27. The smallest absolute Gasteiger partial charge is 0.370 e. The summed E-state index contributed by atoms with van der Waals surface area (Å²) in [5.41, 5.74) is 0.448. The van der Waals surface area contributed by atoms with Crippen LogP contribution in [0.4, 0.5) is 13.2 Å². The second kappa shape index (κ2) is 7.70. The van der Waals surface area contributed by atoms with Gasteiger partial charge in [0.15, 0.2) is 5.84 Å². The van der Waals surface area contributed by atoms with Crippen LogP contribution >= 0.6 is 0 Å². The van der Waals surface area contributed by atoms with Gasteiger partial charge in [0.05, 0.1) is 6.61 Å². The summed E-state index contributed by atoms with van der Waals surface area (Å²) in [6, 6.07) is 5.13. The van der Waals surface area contributed by atoms with E-state index in [0.717, 1.165) is 0 Å². The number of benzene rings is 1. The third-order valence-corrected chi connectivity index (χ3v) is 5.79. The molecule has 1 aromatic rings. The Labute approximate surface area is 160 Å². The van der Waals surface area contributed by atoms with Crippen LogP contribution in [0, 0.1) is 0 Å². The van der Waals surface area contributed by atoms with E-state index in [-0.39, 0.29) is 17.3 Å². The van der Waals surface area contributed by atoms with Crippen LogP contribution in [-0.2, 0) is 19.6 Å². The fourth-order valence-electron chi connectivity index (χ4n) is 3.32. The number of hydrogen-bond acceptors (Lipinski definition) is 5. The van der Waals surface area contributed by atoms with Crippen molar-refractivity contribution in [1.82, 2.24) is 10.2 Å². The molecule has 0 spiro atoms. The van der Waals surface area contributed by atoms with Crippen molar-refractivity contribution in [3.8, 4) is 0 Å².